The summed E-state index contributed by atoms with van der Waals surface area (Å²) in [6.45, 7) is 3.01. The van der Waals surface area contributed by atoms with Crippen LogP contribution in [-0.2, 0) is 19.4 Å². The quantitative estimate of drug-likeness (QED) is 0.679. The third-order valence-electron chi connectivity index (χ3n) is 2.82. The molecule has 0 aromatic heterocycles. The molecular formula is C14H19NO6S. The Morgan fingerprint density at radius 1 is 1.23 bits per heavy atom. The van der Waals surface area contributed by atoms with Gasteiger partial charge in [0.15, 0.2) is 9.84 Å². The zero-order chi connectivity index (χ0) is 16.8. The van der Waals surface area contributed by atoms with Crippen molar-refractivity contribution >= 4 is 21.7 Å². The SMILES string of the molecule is CC(C)S(=O)(=O)c1ccc(C(=O)NCCOCC(=O)O)cc1. The first kappa shape index (κ1) is 18.1. The minimum Gasteiger partial charge on any atom is -0.480 e. The molecule has 1 rings (SSSR count). The van der Waals surface area contributed by atoms with E-state index in [1.165, 1.54) is 24.3 Å². The fourth-order valence-corrected chi connectivity index (χ4v) is 2.63. The number of carboxylic acid groups (broad SMARTS) is 1. The summed E-state index contributed by atoms with van der Waals surface area (Å²) >= 11 is 0. The number of nitrogens with one attached hydrogen (secondary N) is 1. The molecule has 0 heterocycles. The zero-order valence-electron chi connectivity index (χ0n) is 12.4. The second-order valence-corrected chi connectivity index (χ2v) is 7.32. The molecule has 0 fully saturated rings. The van der Waals surface area contributed by atoms with Gasteiger partial charge in [-0.25, -0.2) is 13.2 Å². The lowest BCUT2D eigenvalue weighted by atomic mass is 10.2. The summed E-state index contributed by atoms with van der Waals surface area (Å²) < 4.78 is 28.7. The number of carboxylic acids is 1. The van der Waals surface area contributed by atoms with Crippen LogP contribution in [0.15, 0.2) is 29.2 Å². The van der Waals surface area contributed by atoms with Crippen molar-refractivity contribution in [2.45, 2.75) is 24.0 Å². The number of rotatable bonds is 8. The van der Waals surface area contributed by atoms with Gasteiger partial charge in [0.25, 0.3) is 5.91 Å². The molecule has 0 aliphatic rings. The number of carbonyl (C=O) groups is 2. The Morgan fingerprint density at radius 2 is 1.82 bits per heavy atom. The fraction of sp³-hybridized carbons (Fsp3) is 0.429. The van der Waals surface area contributed by atoms with E-state index in [4.69, 9.17) is 9.84 Å². The topological polar surface area (TPSA) is 110 Å². The van der Waals surface area contributed by atoms with Gasteiger partial charge in [0.1, 0.15) is 6.61 Å². The zero-order valence-corrected chi connectivity index (χ0v) is 13.2. The van der Waals surface area contributed by atoms with Crippen LogP contribution in [0.2, 0.25) is 0 Å². The molecule has 1 amide bonds. The standard InChI is InChI=1S/C14H19NO6S/c1-10(2)22(19,20)12-5-3-11(4-6-12)14(18)15-7-8-21-9-13(16)17/h3-6,10H,7-9H2,1-2H3,(H,15,18)(H,16,17). The summed E-state index contributed by atoms with van der Waals surface area (Å²) in [6.07, 6.45) is 0. The molecule has 8 heteroatoms. The lowest BCUT2D eigenvalue weighted by molar-refractivity contribution is -0.142. The molecule has 0 aliphatic heterocycles. The van der Waals surface area contributed by atoms with Crippen molar-refractivity contribution in [3.05, 3.63) is 29.8 Å². The van der Waals surface area contributed by atoms with Crippen LogP contribution in [0.3, 0.4) is 0 Å². The summed E-state index contributed by atoms with van der Waals surface area (Å²) in [5.74, 6) is -1.46. The number of benzene rings is 1. The fourth-order valence-electron chi connectivity index (χ4n) is 1.57. The van der Waals surface area contributed by atoms with Crippen LogP contribution in [0.1, 0.15) is 24.2 Å². The average Bonchev–Trinajstić information content (AvgIpc) is 2.46. The van der Waals surface area contributed by atoms with Crippen LogP contribution < -0.4 is 5.32 Å². The van der Waals surface area contributed by atoms with E-state index in [2.05, 4.69) is 5.32 Å². The molecule has 7 nitrogen and oxygen atoms in total. The van der Waals surface area contributed by atoms with E-state index in [1.54, 1.807) is 13.8 Å². The van der Waals surface area contributed by atoms with Crippen LogP contribution >= 0.6 is 0 Å². The van der Waals surface area contributed by atoms with E-state index in [-0.39, 0.29) is 24.0 Å². The van der Waals surface area contributed by atoms with Crippen molar-refractivity contribution in [1.29, 1.82) is 0 Å². The van der Waals surface area contributed by atoms with Gasteiger partial charge in [0.2, 0.25) is 0 Å². The number of carbonyl (C=O) groups excluding carboxylic acids is 1. The van der Waals surface area contributed by atoms with Gasteiger partial charge in [-0.2, -0.15) is 0 Å². The van der Waals surface area contributed by atoms with Crippen molar-refractivity contribution in [3.63, 3.8) is 0 Å². The molecule has 0 aliphatic carbocycles. The highest BCUT2D eigenvalue weighted by Gasteiger charge is 2.19. The van der Waals surface area contributed by atoms with Crippen molar-refractivity contribution in [1.82, 2.24) is 5.32 Å². The minimum atomic E-state index is -3.36. The first-order chi connectivity index (χ1) is 10.2. The highest BCUT2D eigenvalue weighted by atomic mass is 32.2. The lowest BCUT2D eigenvalue weighted by Gasteiger charge is -2.09. The van der Waals surface area contributed by atoms with Crippen LogP contribution in [0.4, 0.5) is 0 Å². The van der Waals surface area contributed by atoms with Crippen LogP contribution in [0.25, 0.3) is 0 Å². The highest BCUT2D eigenvalue weighted by molar-refractivity contribution is 7.92. The largest absolute Gasteiger partial charge is 0.480 e. The van der Waals surface area contributed by atoms with E-state index in [9.17, 15) is 18.0 Å². The molecule has 22 heavy (non-hydrogen) atoms. The molecule has 2 N–H and O–H groups in total. The predicted octanol–water partition coefficient (Wildman–Crippen LogP) is 0.700. The number of sulfone groups is 1. The third-order valence-corrected chi connectivity index (χ3v) is 4.99. The Hall–Kier alpha value is -1.93. The molecular weight excluding hydrogens is 310 g/mol. The number of amides is 1. The van der Waals surface area contributed by atoms with E-state index in [1.807, 2.05) is 0 Å². The van der Waals surface area contributed by atoms with Crippen molar-refractivity contribution in [2.75, 3.05) is 19.8 Å². The molecule has 0 atom stereocenters. The molecule has 1 aromatic carbocycles. The lowest BCUT2D eigenvalue weighted by Crippen LogP contribution is -2.28. The maximum absolute atomic E-state index is 11.9. The van der Waals surface area contributed by atoms with E-state index >= 15 is 0 Å². The Balaban J connectivity index is 2.56. The van der Waals surface area contributed by atoms with E-state index in [0.717, 1.165) is 0 Å². The van der Waals surface area contributed by atoms with Gasteiger partial charge in [0.05, 0.1) is 16.8 Å². The van der Waals surface area contributed by atoms with Crippen molar-refractivity contribution in [3.8, 4) is 0 Å². The van der Waals surface area contributed by atoms with Crippen molar-refractivity contribution in [2.24, 2.45) is 0 Å². The highest BCUT2D eigenvalue weighted by Crippen LogP contribution is 2.16. The molecule has 0 bridgehead atoms. The monoisotopic (exact) mass is 329 g/mol. The Bertz CT molecular complexity index is 621. The molecule has 0 saturated carbocycles. The number of ether oxygens (including phenoxy) is 1. The van der Waals surface area contributed by atoms with Crippen molar-refractivity contribution < 1.29 is 27.9 Å². The normalized spacial score (nSPS) is 11.4. The smallest absolute Gasteiger partial charge is 0.329 e. The molecule has 0 spiro atoms. The second kappa shape index (κ2) is 7.90. The molecule has 0 saturated heterocycles. The van der Waals surface area contributed by atoms with Gasteiger partial charge in [-0.1, -0.05) is 0 Å². The van der Waals surface area contributed by atoms with E-state index < -0.39 is 27.7 Å². The Morgan fingerprint density at radius 3 is 2.32 bits per heavy atom. The van der Waals surface area contributed by atoms with Crippen LogP contribution in [0, 0.1) is 0 Å². The first-order valence-electron chi connectivity index (χ1n) is 6.67. The summed E-state index contributed by atoms with van der Waals surface area (Å²) in [5.41, 5.74) is 0.320. The Labute approximate surface area is 129 Å². The summed E-state index contributed by atoms with van der Waals surface area (Å²) in [7, 11) is -3.36. The summed E-state index contributed by atoms with van der Waals surface area (Å²) in [4.78, 5) is 22.2. The maximum atomic E-state index is 11.9. The number of hydrogen-bond acceptors (Lipinski definition) is 5. The van der Waals surface area contributed by atoms with Gasteiger partial charge in [-0.05, 0) is 38.1 Å². The third kappa shape index (κ3) is 5.12. The summed E-state index contributed by atoms with van der Waals surface area (Å²) in [5, 5.41) is 10.4. The molecule has 122 valence electrons. The summed E-state index contributed by atoms with van der Waals surface area (Å²) in [6, 6.07) is 5.65. The second-order valence-electron chi connectivity index (χ2n) is 4.82. The predicted molar refractivity (Wildman–Crippen MR) is 79.6 cm³/mol. The van der Waals surface area contributed by atoms with Crippen LogP contribution in [0.5, 0.6) is 0 Å². The van der Waals surface area contributed by atoms with Gasteiger partial charge in [-0.15, -0.1) is 0 Å². The number of aliphatic carboxylic acids is 1. The van der Waals surface area contributed by atoms with Gasteiger partial charge >= 0.3 is 5.97 Å². The first-order valence-corrected chi connectivity index (χ1v) is 8.21. The van der Waals surface area contributed by atoms with Gasteiger partial charge in [0, 0.05) is 12.1 Å². The average molecular weight is 329 g/mol. The van der Waals surface area contributed by atoms with Crippen LogP contribution in [-0.4, -0.2) is 50.4 Å². The molecule has 0 unspecified atom stereocenters. The number of hydrogen-bond donors (Lipinski definition) is 2. The Kier molecular flexibility index (Phi) is 6.51. The maximum Gasteiger partial charge on any atom is 0.329 e. The van der Waals surface area contributed by atoms with Gasteiger partial charge in [-0.3, -0.25) is 4.79 Å². The molecule has 0 radical (unpaired) electrons. The van der Waals surface area contributed by atoms with Gasteiger partial charge < -0.3 is 15.2 Å². The molecule has 1 aromatic rings. The van der Waals surface area contributed by atoms with E-state index in [0.29, 0.717) is 5.56 Å². The minimum absolute atomic E-state index is 0.0812.